The normalized spacial score (nSPS) is 8.50. The van der Waals surface area contributed by atoms with Crippen LogP contribution in [-0.2, 0) is 0 Å². The molecule has 1 nitrogen and oxygen atoms in total. The Labute approximate surface area is 86.7 Å². The van der Waals surface area contributed by atoms with E-state index in [2.05, 4.69) is 51.9 Å². The van der Waals surface area contributed by atoms with Crippen LogP contribution in [0.4, 0.5) is 5.69 Å². The number of hydrogen-bond donors (Lipinski definition) is 1. The summed E-state index contributed by atoms with van der Waals surface area (Å²) in [6.07, 6.45) is 0. The van der Waals surface area contributed by atoms with Crippen molar-refractivity contribution in [3.8, 4) is 11.8 Å². The minimum atomic E-state index is 0.719. The van der Waals surface area contributed by atoms with Crippen molar-refractivity contribution >= 4 is 28.3 Å². The fourth-order valence-electron chi connectivity index (χ4n) is 0.832. The van der Waals surface area contributed by atoms with Gasteiger partial charge in [0.15, 0.2) is 0 Å². The van der Waals surface area contributed by atoms with Gasteiger partial charge < -0.3 is 5.32 Å². The van der Waals surface area contributed by atoms with E-state index in [1.807, 2.05) is 19.1 Å². The Morgan fingerprint density at radius 2 is 2.17 bits per heavy atom. The number of anilines is 1. The minimum absolute atomic E-state index is 0.719. The molecule has 0 aliphatic rings. The lowest BCUT2D eigenvalue weighted by Gasteiger charge is -2.03. The van der Waals surface area contributed by atoms with Gasteiger partial charge in [0.2, 0.25) is 0 Å². The van der Waals surface area contributed by atoms with E-state index in [-0.39, 0.29) is 0 Å². The first-order valence-electron chi connectivity index (χ1n) is 3.72. The smallest absolute Gasteiger partial charge is 0.0766 e. The summed E-state index contributed by atoms with van der Waals surface area (Å²) in [6, 6.07) is 8.17. The number of para-hydroxylation sites is 1. The molecule has 62 valence electrons. The van der Waals surface area contributed by atoms with E-state index in [0.29, 0.717) is 0 Å². The molecule has 0 radical (unpaired) electrons. The number of benzene rings is 1. The monoisotopic (exact) mass is 271 g/mol. The molecule has 0 aromatic heterocycles. The van der Waals surface area contributed by atoms with Crippen LogP contribution < -0.4 is 5.32 Å². The van der Waals surface area contributed by atoms with Crippen LogP contribution in [0.2, 0.25) is 0 Å². The molecule has 0 aliphatic carbocycles. The second-order valence-corrected chi connectivity index (χ2v) is 3.42. The summed E-state index contributed by atoms with van der Waals surface area (Å²) in [7, 11) is 0. The highest BCUT2D eigenvalue weighted by Crippen LogP contribution is 2.15. The molecular weight excluding hydrogens is 261 g/mol. The maximum Gasteiger partial charge on any atom is 0.0766 e. The zero-order chi connectivity index (χ0) is 8.81. The highest BCUT2D eigenvalue weighted by molar-refractivity contribution is 14.1. The van der Waals surface area contributed by atoms with Gasteiger partial charge in [-0.1, -0.05) is 18.1 Å². The predicted molar refractivity (Wildman–Crippen MR) is 61.1 cm³/mol. The van der Waals surface area contributed by atoms with Gasteiger partial charge in [0, 0.05) is 9.26 Å². The van der Waals surface area contributed by atoms with Crippen LogP contribution in [0.1, 0.15) is 6.92 Å². The molecule has 0 atom stereocenters. The predicted octanol–water partition coefficient (Wildman–Crippen LogP) is 2.73. The molecule has 1 N–H and O–H groups in total. The summed E-state index contributed by atoms with van der Waals surface area (Å²) in [5, 5.41) is 3.23. The first-order chi connectivity index (χ1) is 5.84. The molecule has 0 spiro atoms. The van der Waals surface area contributed by atoms with Crippen LogP contribution >= 0.6 is 22.6 Å². The molecule has 2 heteroatoms. The highest BCUT2D eigenvalue weighted by atomic mass is 127. The first kappa shape index (κ1) is 9.40. The van der Waals surface area contributed by atoms with E-state index >= 15 is 0 Å². The van der Waals surface area contributed by atoms with Crippen LogP contribution in [0, 0.1) is 15.4 Å². The van der Waals surface area contributed by atoms with Gasteiger partial charge in [0.05, 0.1) is 6.54 Å². The lowest BCUT2D eigenvalue weighted by molar-refractivity contribution is 1.36. The Hall–Kier alpha value is -0.690. The standard InChI is InChI=1S/C10H10IN/c1-2-3-8-12-10-7-5-4-6-9(10)11/h4-7,12H,8H2,1H3. The number of rotatable bonds is 2. The largest absolute Gasteiger partial charge is 0.373 e. The van der Waals surface area contributed by atoms with Crippen molar-refractivity contribution in [2.45, 2.75) is 6.92 Å². The molecule has 0 amide bonds. The van der Waals surface area contributed by atoms with Gasteiger partial charge in [-0.3, -0.25) is 0 Å². The summed E-state index contributed by atoms with van der Waals surface area (Å²) in [5.74, 6) is 5.80. The third-order valence-corrected chi connectivity index (χ3v) is 2.36. The number of hydrogen-bond acceptors (Lipinski definition) is 1. The summed E-state index contributed by atoms with van der Waals surface area (Å²) in [6.45, 7) is 2.56. The minimum Gasteiger partial charge on any atom is -0.373 e. The van der Waals surface area contributed by atoms with Crippen LogP contribution in [0.3, 0.4) is 0 Å². The average molecular weight is 271 g/mol. The van der Waals surface area contributed by atoms with Crippen molar-refractivity contribution in [3.63, 3.8) is 0 Å². The van der Waals surface area contributed by atoms with E-state index in [4.69, 9.17) is 0 Å². The Kier molecular flexibility index (Phi) is 3.95. The summed E-state index contributed by atoms with van der Waals surface area (Å²) < 4.78 is 1.23. The molecule has 0 unspecified atom stereocenters. The molecule has 1 aromatic carbocycles. The summed E-state index contributed by atoms with van der Waals surface area (Å²) >= 11 is 2.30. The fraction of sp³-hybridized carbons (Fsp3) is 0.200. The summed E-state index contributed by atoms with van der Waals surface area (Å²) in [5.41, 5.74) is 1.15. The van der Waals surface area contributed by atoms with Gasteiger partial charge in [-0.25, -0.2) is 0 Å². The zero-order valence-electron chi connectivity index (χ0n) is 6.89. The van der Waals surface area contributed by atoms with Crippen LogP contribution in [0.5, 0.6) is 0 Å². The highest BCUT2D eigenvalue weighted by Gasteiger charge is 1.93. The molecular formula is C10H10IN. The van der Waals surface area contributed by atoms with Crippen molar-refractivity contribution in [1.82, 2.24) is 0 Å². The van der Waals surface area contributed by atoms with Crippen LogP contribution in [-0.4, -0.2) is 6.54 Å². The summed E-state index contributed by atoms with van der Waals surface area (Å²) in [4.78, 5) is 0. The van der Waals surface area contributed by atoms with Crippen molar-refractivity contribution in [2.75, 3.05) is 11.9 Å². The van der Waals surface area contributed by atoms with E-state index in [1.54, 1.807) is 0 Å². The lowest BCUT2D eigenvalue weighted by Crippen LogP contribution is -1.99. The van der Waals surface area contributed by atoms with Gasteiger partial charge in [-0.2, -0.15) is 0 Å². The second-order valence-electron chi connectivity index (χ2n) is 2.26. The number of nitrogens with one attached hydrogen (secondary N) is 1. The van der Waals surface area contributed by atoms with Crippen molar-refractivity contribution in [3.05, 3.63) is 27.8 Å². The zero-order valence-corrected chi connectivity index (χ0v) is 9.05. The Balaban J connectivity index is 2.61. The SMILES string of the molecule is CC#CCNc1ccccc1I. The fourth-order valence-corrected chi connectivity index (χ4v) is 1.41. The van der Waals surface area contributed by atoms with Gasteiger partial charge >= 0.3 is 0 Å². The topological polar surface area (TPSA) is 12.0 Å². The molecule has 1 aromatic rings. The third-order valence-electron chi connectivity index (χ3n) is 1.42. The van der Waals surface area contributed by atoms with Gasteiger partial charge in [-0.05, 0) is 41.6 Å². The van der Waals surface area contributed by atoms with E-state index in [9.17, 15) is 0 Å². The average Bonchev–Trinajstić information content (AvgIpc) is 2.09. The molecule has 0 fully saturated rings. The number of halogens is 1. The Morgan fingerprint density at radius 3 is 2.83 bits per heavy atom. The van der Waals surface area contributed by atoms with Crippen LogP contribution in [0.25, 0.3) is 0 Å². The molecule has 0 saturated heterocycles. The van der Waals surface area contributed by atoms with Crippen molar-refractivity contribution in [2.24, 2.45) is 0 Å². The lowest BCUT2D eigenvalue weighted by atomic mass is 10.3. The van der Waals surface area contributed by atoms with Crippen molar-refractivity contribution < 1.29 is 0 Å². The molecule has 1 rings (SSSR count). The van der Waals surface area contributed by atoms with Crippen molar-refractivity contribution in [1.29, 1.82) is 0 Å². The van der Waals surface area contributed by atoms with E-state index < -0.39 is 0 Å². The quantitative estimate of drug-likeness (QED) is 0.644. The van der Waals surface area contributed by atoms with E-state index in [0.717, 1.165) is 12.2 Å². The van der Waals surface area contributed by atoms with Gasteiger partial charge in [0.25, 0.3) is 0 Å². The van der Waals surface area contributed by atoms with Gasteiger partial charge in [0.1, 0.15) is 0 Å². The first-order valence-corrected chi connectivity index (χ1v) is 4.80. The second kappa shape index (κ2) is 5.04. The maximum atomic E-state index is 3.23. The molecule has 0 bridgehead atoms. The van der Waals surface area contributed by atoms with E-state index in [1.165, 1.54) is 3.57 Å². The molecule has 0 aliphatic heterocycles. The molecule has 0 heterocycles. The Bertz CT molecular complexity index is 309. The van der Waals surface area contributed by atoms with Gasteiger partial charge in [-0.15, -0.1) is 5.92 Å². The van der Waals surface area contributed by atoms with Crippen LogP contribution in [0.15, 0.2) is 24.3 Å². The maximum absolute atomic E-state index is 3.23. The Morgan fingerprint density at radius 1 is 1.42 bits per heavy atom. The third kappa shape index (κ3) is 2.74. The molecule has 0 saturated carbocycles. The molecule has 12 heavy (non-hydrogen) atoms.